The van der Waals surface area contributed by atoms with Gasteiger partial charge in [-0.25, -0.2) is 0 Å². The van der Waals surface area contributed by atoms with Crippen LogP contribution < -0.4 is 0 Å². The van der Waals surface area contributed by atoms with E-state index in [2.05, 4.69) is 0 Å². The second-order valence-electron chi connectivity index (χ2n) is 4.39. The van der Waals surface area contributed by atoms with Crippen LogP contribution in [-0.4, -0.2) is 46.7 Å². The monoisotopic (exact) mass is 300 g/mol. The summed E-state index contributed by atoms with van der Waals surface area (Å²) in [5, 5.41) is 20.4. The molecule has 0 amide bonds. The highest BCUT2D eigenvalue weighted by molar-refractivity contribution is 6.31. The summed E-state index contributed by atoms with van der Waals surface area (Å²) in [6.07, 6.45) is 0. The molecule has 0 aromatic heterocycles. The van der Waals surface area contributed by atoms with Crippen molar-refractivity contribution in [2.24, 2.45) is 0 Å². The number of nitrogens with zero attached hydrogens (tertiary/aromatic N) is 2. The van der Waals surface area contributed by atoms with Crippen LogP contribution in [0.3, 0.4) is 0 Å². The van der Waals surface area contributed by atoms with Crippen molar-refractivity contribution in [3.63, 3.8) is 0 Å². The van der Waals surface area contributed by atoms with Gasteiger partial charge in [0.2, 0.25) is 0 Å². The summed E-state index contributed by atoms with van der Waals surface area (Å²) in [5.74, 6) is -1.01. The first-order chi connectivity index (χ1) is 9.50. The standard InChI is InChI=1S/C12H13ClN2O5/c13-9-2-1-3-10(15(18)19)8(9)6-14-4-5-20-7-11(14)12(16)17/h1-3,11H,4-7H2,(H,16,17). The molecule has 108 valence electrons. The van der Waals surface area contributed by atoms with E-state index < -0.39 is 16.9 Å². The third-order valence-electron chi connectivity index (χ3n) is 3.18. The first kappa shape index (κ1) is 14.7. The second-order valence-corrected chi connectivity index (χ2v) is 4.80. The maximum Gasteiger partial charge on any atom is 0.323 e. The van der Waals surface area contributed by atoms with E-state index in [-0.39, 0.29) is 23.9 Å². The zero-order valence-corrected chi connectivity index (χ0v) is 11.2. The normalized spacial score (nSPS) is 19.8. The molecule has 1 atom stereocenters. The Bertz CT molecular complexity index is 537. The fraction of sp³-hybridized carbons (Fsp3) is 0.417. The van der Waals surface area contributed by atoms with Gasteiger partial charge in [0.1, 0.15) is 6.04 Å². The van der Waals surface area contributed by atoms with Crippen LogP contribution in [0.1, 0.15) is 5.56 Å². The number of halogens is 1. The van der Waals surface area contributed by atoms with Crippen LogP contribution in [0, 0.1) is 10.1 Å². The van der Waals surface area contributed by atoms with Crippen LogP contribution in [0.5, 0.6) is 0 Å². The molecule has 1 saturated heterocycles. The van der Waals surface area contributed by atoms with Crippen molar-refractivity contribution in [1.82, 2.24) is 4.90 Å². The summed E-state index contributed by atoms with van der Waals surface area (Å²) in [4.78, 5) is 23.3. The van der Waals surface area contributed by atoms with Gasteiger partial charge in [0.25, 0.3) is 5.69 Å². The maximum absolute atomic E-state index is 11.2. The number of morpholine rings is 1. The number of nitro benzene ring substituents is 1. The van der Waals surface area contributed by atoms with E-state index in [0.717, 1.165) is 0 Å². The van der Waals surface area contributed by atoms with Crippen molar-refractivity contribution in [2.45, 2.75) is 12.6 Å². The highest BCUT2D eigenvalue weighted by Crippen LogP contribution is 2.28. The fourth-order valence-corrected chi connectivity index (χ4v) is 2.36. The average Bonchev–Trinajstić information content (AvgIpc) is 2.41. The minimum atomic E-state index is -1.01. The summed E-state index contributed by atoms with van der Waals surface area (Å²) in [6, 6.07) is 3.59. The van der Waals surface area contributed by atoms with Crippen LogP contribution in [0.4, 0.5) is 5.69 Å². The number of carboxylic acid groups (broad SMARTS) is 1. The average molecular weight is 301 g/mol. The first-order valence-electron chi connectivity index (χ1n) is 5.97. The van der Waals surface area contributed by atoms with Gasteiger partial charge in [-0.1, -0.05) is 17.7 Å². The van der Waals surface area contributed by atoms with E-state index in [4.69, 9.17) is 21.4 Å². The number of ether oxygens (including phenoxy) is 1. The number of carboxylic acids is 1. The summed E-state index contributed by atoms with van der Waals surface area (Å²) >= 11 is 6.01. The molecule has 0 spiro atoms. The molecule has 7 nitrogen and oxygen atoms in total. The van der Waals surface area contributed by atoms with Crippen molar-refractivity contribution in [2.75, 3.05) is 19.8 Å². The summed E-state index contributed by atoms with van der Waals surface area (Å²) < 4.78 is 5.13. The summed E-state index contributed by atoms with van der Waals surface area (Å²) in [6.45, 7) is 0.950. The van der Waals surface area contributed by atoms with Gasteiger partial charge < -0.3 is 9.84 Å². The minimum absolute atomic E-state index is 0.0631. The molecule has 1 aromatic carbocycles. The van der Waals surface area contributed by atoms with E-state index in [9.17, 15) is 14.9 Å². The Morgan fingerprint density at radius 1 is 1.60 bits per heavy atom. The number of hydrogen-bond donors (Lipinski definition) is 1. The molecular weight excluding hydrogens is 288 g/mol. The molecule has 1 aliphatic rings. The Morgan fingerprint density at radius 2 is 2.35 bits per heavy atom. The highest BCUT2D eigenvalue weighted by Gasteiger charge is 2.31. The Labute approximate surface area is 119 Å². The van der Waals surface area contributed by atoms with Gasteiger partial charge >= 0.3 is 5.97 Å². The minimum Gasteiger partial charge on any atom is -0.480 e. The van der Waals surface area contributed by atoms with Crippen molar-refractivity contribution in [1.29, 1.82) is 0 Å². The van der Waals surface area contributed by atoms with Crippen LogP contribution >= 0.6 is 11.6 Å². The maximum atomic E-state index is 11.2. The number of benzene rings is 1. The van der Waals surface area contributed by atoms with E-state index in [1.54, 1.807) is 11.0 Å². The largest absolute Gasteiger partial charge is 0.480 e. The number of carbonyl (C=O) groups is 1. The zero-order valence-electron chi connectivity index (χ0n) is 10.5. The Morgan fingerprint density at radius 3 is 3.00 bits per heavy atom. The van der Waals surface area contributed by atoms with Crippen molar-refractivity contribution < 1.29 is 19.6 Å². The molecule has 1 aliphatic heterocycles. The van der Waals surface area contributed by atoms with Crippen LogP contribution in [0.15, 0.2) is 18.2 Å². The van der Waals surface area contributed by atoms with Gasteiger partial charge in [-0.3, -0.25) is 19.8 Å². The Balaban J connectivity index is 2.28. The van der Waals surface area contributed by atoms with Crippen molar-refractivity contribution >= 4 is 23.3 Å². The van der Waals surface area contributed by atoms with Gasteiger partial charge in [-0.05, 0) is 6.07 Å². The lowest BCUT2D eigenvalue weighted by molar-refractivity contribution is -0.385. The molecule has 1 heterocycles. The van der Waals surface area contributed by atoms with Gasteiger partial charge in [0, 0.05) is 19.2 Å². The van der Waals surface area contributed by atoms with Crippen molar-refractivity contribution in [3.8, 4) is 0 Å². The molecule has 0 saturated carbocycles. The Hall–Kier alpha value is -1.70. The van der Waals surface area contributed by atoms with Crippen LogP contribution in [0.2, 0.25) is 5.02 Å². The number of rotatable bonds is 4. The summed E-state index contributed by atoms with van der Waals surface area (Å²) in [5.41, 5.74) is 0.223. The molecule has 0 radical (unpaired) electrons. The molecule has 1 aromatic rings. The van der Waals surface area contributed by atoms with Crippen molar-refractivity contribution in [3.05, 3.63) is 38.9 Å². The first-order valence-corrected chi connectivity index (χ1v) is 6.35. The predicted molar refractivity (Wildman–Crippen MR) is 70.8 cm³/mol. The van der Waals surface area contributed by atoms with E-state index in [0.29, 0.717) is 18.7 Å². The topological polar surface area (TPSA) is 92.9 Å². The zero-order chi connectivity index (χ0) is 14.7. The number of nitro groups is 1. The van der Waals surface area contributed by atoms with E-state index in [1.807, 2.05) is 0 Å². The smallest absolute Gasteiger partial charge is 0.323 e. The molecular formula is C12H13ClN2O5. The van der Waals surface area contributed by atoms with Crippen LogP contribution in [0.25, 0.3) is 0 Å². The fourth-order valence-electron chi connectivity index (χ4n) is 2.13. The van der Waals surface area contributed by atoms with Gasteiger partial charge in [0.15, 0.2) is 0 Å². The molecule has 1 fully saturated rings. The molecule has 2 rings (SSSR count). The summed E-state index contributed by atoms with van der Waals surface area (Å²) in [7, 11) is 0. The van der Waals surface area contributed by atoms with Crippen LogP contribution in [-0.2, 0) is 16.1 Å². The lowest BCUT2D eigenvalue weighted by Gasteiger charge is -2.32. The Kier molecular flexibility index (Phi) is 4.53. The SMILES string of the molecule is O=C(O)C1COCCN1Cc1c(Cl)cccc1[N+](=O)[O-]. The molecule has 0 aliphatic carbocycles. The van der Waals surface area contributed by atoms with Gasteiger partial charge in [0.05, 0.1) is 28.7 Å². The van der Waals surface area contributed by atoms with Gasteiger partial charge in [-0.15, -0.1) is 0 Å². The number of hydrogen-bond acceptors (Lipinski definition) is 5. The third-order valence-corrected chi connectivity index (χ3v) is 3.53. The molecule has 0 bridgehead atoms. The van der Waals surface area contributed by atoms with E-state index in [1.165, 1.54) is 12.1 Å². The second kappa shape index (κ2) is 6.17. The lowest BCUT2D eigenvalue weighted by atomic mass is 10.1. The molecule has 1 N–H and O–H groups in total. The van der Waals surface area contributed by atoms with E-state index >= 15 is 0 Å². The molecule has 20 heavy (non-hydrogen) atoms. The predicted octanol–water partition coefficient (Wildman–Crippen LogP) is 1.53. The molecule has 1 unspecified atom stereocenters. The lowest BCUT2D eigenvalue weighted by Crippen LogP contribution is -2.49. The molecule has 8 heteroatoms. The van der Waals surface area contributed by atoms with Gasteiger partial charge in [-0.2, -0.15) is 0 Å². The highest BCUT2D eigenvalue weighted by atomic mass is 35.5. The number of aliphatic carboxylic acids is 1. The third kappa shape index (κ3) is 3.06. The quantitative estimate of drug-likeness (QED) is 0.669.